The maximum atomic E-state index is 10.5. The van der Waals surface area contributed by atoms with Crippen molar-refractivity contribution in [3.63, 3.8) is 0 Å². The summed E-state index contributed by atoms with van der Waals surface area (Å²) in [5.41, 5.74) is 8.68. The van der Waals surface area contributed by atoms with E-state index in [0.717, 1.165) is 0 Å². The second kappa shape index (κ2) is 6.83. The number of hydrogen-bond donors (Lipinski definition) is 2. The van der Waals surface area contributed by atoms with Crippen LogP contribution in [0.25, 0.3) is 0 Å². The highest BCUT2D eigenvalue weighted by Gasteiger charge is 2.15. The van der Waals surface area contributed by atoms with Crippen LogP contribution < -0.4 is 11.5 Å². The normalized spacial score (nSPS) is 9.47. The molecule has 0 aliphatic carbocycles. The molecule has 0 aliphatic heterocycles. The van der Waals surface area contributed by atoms with Gasteiger partial charge in [-0.1, -0.05) is 0 Å². The first-order valence-electron chi connectivity index (χ1n) is 3.72. The predicted octanol–water partition coefficient (Wildman–Crippen LogP) is -0.443. The molecule has 0 spiro atoms. The summed E-state index contributed by atoms with van der Waals surface area (Å²) in [4.78, 5) is 31.0. The summed E-state index contributed by atoms with van der Waals surface area (Å²) >= 11 is 0. The topological polar surface area (TPSA) is 131 Å². The van der Waals surface area contributed by atoms with Crippen molar-refractivity contribution in [2.24, 2.45) is 11.5 Å². The Balaban J connectivity index is 3.99. The molecule has 0 aromatic heterocycles. The highest BCUT2D eigenvalue weighted by atomic mass is 31.0. The Morgan fingerprint density at radius 2 is 1.47 bits per heavy atom. The Labute approximate surface area is 87.4 Å². The molecular formula is C6H11N2O6P. The molecule has 0 saturated carbocycles. The van der Waals surface area contributed by atoms with E-state index in [2.05, 4.69) is 25.7 Å². The zero-order valence-corrected chi connectivity index (χ0v) is 8.83. The van der Waals surface area contributed by atoms with Crippen LogP contribution in [0.2, 0.25) is 0 Å². The van der Waals surface area contributed by atoms with Crippen molar-refractivity contribution in [2.75, 3.05) is 13.2 Å². The molecule has 0 heterocycles. The number of nitrogens with two attached hydrogens (primary N) is 2. The second-order valence-electron chi connectivity index (χ2n) is 2.32. The SMILES string of the molecule is NC(=O)OCC(COC(N)=O)OC(=O)P. The van der Waals surface area contributed by atoms with Gasteiger partial charge in [-0.3, -0.25) is 0 Å². The van der Waals surface area contributed by atoms with Gasteiger partial charge in [0.25, 0.3) is 0 Å². The third-order valence-electron chi connectivity index (χ3n) is 1.11. The lowest BCUT2D eigenvalue weighted by molar-refractivity contribution is 0.0206. The number of amides is 2. The summed E-state index contributed by atoms with van der Waals surface area (Å²) in [5.74, 6) is 0. The van der Waals surface area contributed by atoms with Crippen LogP contribution in [0.4, 0.5) is 14.4 Å². The fourth-order valence-electron chi connectivity index (χ4n) is 0.631. The lowest BCUT2D eigenvalue weighted by atomic mass is 10.4. The minimum atomic E-state index is -1.03. The van der Waals surface area contributed by atoms with Crippen LogP contribution in [-0.2, 0) is 14.2 Å². The van der Waals surface area contributed by atoms with E-state index < -0.39 is 24.0 Å². The fraction of sp³-hybridized carbons (Fsp3) is 0.500. The highest BCUT2D eigenvalue weighted by molar-refractivity contribution is 7.39. The minimum Gasteiger partial charge on any atom is -0.452 e. The van der Waals surface area contributed by atoms with E-state index in [1.165, 1.54) is 0 Å². The number of hydrogen-bond acceptors (Lipinski definition) is 6. The van der Waals surface area contributed by atoms with Crippen molar-refractivity contribution in [1.82, 2.24) is 0 Å². The van der Waals surface area contributed by atoms with E-state index in [9.17, 15) is 14.4 Å². The van der Waals surface area contributed by atoms with Gasteiger partial charge in [0.15, 0.2) is 6.10 Å². The molecule has 9 heteroatoms. The molecule has 0 fully saturated rings. The van der Waals surface area contributed by atoms with Crippen molar-refractivity contribution in [3.8, 4) is 0 Å². The molecule has 0 rings (SSSR count). The summed E-state index contributed by atoms with van der Waals surface area (Å²) in [6.45, 7) is -0.633. The third-order valence-corrected chi connectivity index (χ3v) is 1.24. The van der Waals surface area contributed by atoms with Gasteiger partial charge in [-0.05, 0) is 9.24 Å². The predicted molar refractivity (Wildman–Crippen MR) is 51.0 cm³/mol. The molecular weight excluding hydrogens is 227 g/mol. The zero-order chi connectivity index (χ0) is 11.8. The maximum absolute atomic E-state index is 10.5. The van der Waals surface area contributed by atoms with Crippen LogP contribution in [0.15, 0.2) is 0 Å². The zero-order valence-electron chi connectivity index (χ0n) is 7.67. The van der Waals surface area contributed by atoms with E-state index in [1.807, 2.05) is 0 Å². The van der Waals surface area contributed by atoms with Gasteiger partial charge >= 0.3 is 17.9 Å². The fourth-order valence-corrected chi connectivity index (χ4v) is 0.823. The van der Waals surface area contributed by atoms with Crippen molar-refractivity contribution in [2.45, 2.75) is 6.10 Å². The van der Waals surface area contributed by atoms with Crippen LogP contribution in [0.5, 0.6) is 0 Å². The van der Waals surface area contributed by atoms with Crippen molar-refractivity contribution < 1.29 is 28.6 Å². The number of carbonyl (C=O) groups excluding carboxylic acids is 3. The first kappa shape index (κ1) is 13.4. The molecule has 1 atom stereocenters. The lowest BCUT2D eigenvalue weighted by Gasteiger charge is -2.15. The van der Waals surface area contributed by atoms with Gasteiger partial charge in [-0.15, -0.1) is 0 Å². The quantitative estimate of drug-likeness (QED) is 0.492. The average Bonchev–Trinajstić information content (AvgIpc) is 2.08. The van der Waals surface area contributed by atoms with Crippen molar-refractivity contribution in [3.05, 3.63) is 0 Å². The summed E-state index contributed by atoms with van der Waals surface area (Å²) in [5, 5.41) is 0. The Kier molecular flexibility index (Phi) is 6.12. The van der Waals surface area contributed by atoms with Crippen LogP contribution in [0.1, 0.15) is 0 Å². The molecule has 86 valence electrons. The van der Waals surface area contributed by atoms with E-state index in [0.29, 0.717) is 0 Å². The largest absolute Gasteiger partial charge is 0.452 e. The van der Waals surface area contributed by atoms with Gasteiger partial charge in [0, 0.05) is 0 Å². The van der Waals surface area contributed by atoms with Gasteiger partial charge in [0.2, 0.25) is 0 Å². The maximum Gasteiger partial charge on any atom is 0.404 e. The molecule has 2 amide bonds. The number of ether oxygens (including phenoxy) is 3. The molecule has 1 unspecified atom stereocenters. The molecule has 0 saturated heterocycles. The standard InChI is InChI=1S/C6H11N2O6P/c7-4(9)12-1-3(14-6(11)15)2-13-5(8)10/h3H,1-2,15H2,(H2,7,9)(H2,8,10). The average molecular weight is 238 g/mol. The number of carbonyl (C=O) groups is 3. The first-order valence-corrected chi connectivity index (χ1v) is 4.30. The Morgan fingerprint density at radius 3 is 1.73 bits per heavy atom. The van der Waals surface area contributed by atoms with E-state index in [-0.39, 0.29) is 13.2 Å². The monoisotopic (exact) mass is 238 g/mol. The second-order valence-corrected chi connectivity index (χ2v) is 2.79. The van der Waals surface area contributed by atoms with E-state index >= 15 is 0 Å². The van der Waals surface area contributed by atoms with Gasteiger partial charge in [0.1, 0.15) is 13.2 Å². The van der Waals surface area contributed by atoms with Gasteiger partial charge in [-0.2, -0.15) is 0 Å². The first-order chi connectivity index (χ1) is 6.91. The van der Waals surface area contributed by atoms with Crippen LogP contribution in [0.3, 0.4) is 0 Å². The Bertz CT molecular complexity index is 240. The molecule has 4 N–H and O–H groups in total. The summed E-state index contributed by atoms with van der Waals surface area (Å²) in [7, 11) is 1.75. The summed E-state index contributed by atoms with van der Waals surface area (Å²) in [6.07, 6.45) is -2.99. The molecule has 8 nitrogen and oxygen atoms in total. The van der Waals surface area contributed by atoms with Gasteiger partial charge in [-0.25, -0.2) is 14.4 Å². The lowest BCUT2D eigenvalue weighted by Crippen LogP contribution is -2.31. The number of primary amides is 2. The van der Waals surface area contributed by atoms with Crippen LogP contribution >= 0.6 is 9.24 Å². The van der Waals surface area contributed by atoms with Crippen LogP contribution in [-0.4, -0.2) is 37.2 Å². The van der Waals surface area contributed by atoms with Gasteiger partial charge < -0.3 is 25.7 Å². The Morgan fingerprint density at radius 1 is 1.07 bits per heavy atom. The molecule has 0 aromatic rings. The van der Waals surface area contributed by atoms with E-state index in [1.54, 1.807) is 9.24 Å². The molecule has 0 aromatic carbocycles. The van der Waals surface area contributed by atoms with Crippen molar-refractivity contribution >= 4 is 27.1 Å². The van der Waals surface area contributed by atoms with Crippen LogP contribution in [0, 0.1) is 0 Å². The molecule has 0 aliphatic rings. The molecule has 0 bridgehead atoms. The number of rotatable bonds is 5. The third kappa shape index (κ3) is 8.76. The van der Waals surface area contributed by atoms with Gasteiger partial charge in [0.05, 0.1) is 0 Å². The minimum absolute atomic E-state index is 0.317. The van der Waals surface area contributed by atoms with E-state index in [4.69, 9.17) is 0 Å². The highest BCUT2D eigenvalue weighted by Crippen LogP contribution is 2.01. The van der Waals surface area contributed by atoms with Crippen molar-refractivity contribution in [1.29, 1.82) is 0 Å². The smallest absolute Gasteiger partial charge is 0.404 e. The molecule has 0 radical (unpaired) electrons. The summed E-state index contributed by atoms with van der Waals surface area (Å²) in [6, 6.07) is 0. The summed E-state index contributed by atoms with van der Waals surface area (Å²) < 4.78 is 13.3. The molecule has 15 heavy (non-hydrogen) atoms. The Hall–Kier alpha value is -1.56.